The maximum absolute atomic E-state index is 12.7. The summed E-state index contributed by atoms with van der Waals surface area (Å²) in [5.74, 6) is -1.47. The number of benzene rings is 2. The van der Waals surface area contributed by atoms with Crippen molar-refractivity contribution in [1.29, 1.82) is 0 Å². The van der Waals surface area contributed by atoms with Gasteiger partial charge in [-0.2, -0.15) is 0 Å². The Hall–Kier alpha value is -3.59. The highest BCUT2D eigenvalue weighted by molar-refractivity contribution is 7.98. The zero-order chi connectivity index (χ0) is 23.5. The van der Waals surface area contributed by atoms with Gasteiger partial charge in [-0.25, -0.2) is 4.79 Å². The van der Waals surface area contributed by atoms with Crippen molar-refractivity contribution in [2.75, 3.05) is 23.0 Å². The van der Waals surface area contributed by atoms with Crippen molar-refractivity contribution in [2.24, 2.45) is 5.92 Å². The molecule has 0 radical (unpaired) electrons. The summed E-state index contributed by atoms with van der Waals surface area (Å²) in [6.07, 6.45) is 2.03. The second-order valence-electron chi connectivity index (χ2n) is 7.70. The highest BCUT2D eigenvalue weighted by Crippen LogP contribution is 2.29. The molecule has 1 aliphatic rings. The van der Waals surface area contributed by atoms with Crippen LogP contribution in [0.1, 0.15) is 18.9 Å². The molecule has 0 spiro atoms. The Kier molecular flexibility index (Phi) is 6.50. The van der Waals surface area contributed by atoms with Crippen LogP contribution in [-0.2, 0) is 25.7 Å². The molecule has 1 saturated heterocycles. The lowest BCUT2D eigenvalue weighted by molar-refractivity contribution is -0.149. The number of hydrogen-bond donors (Lipinski definition) is 1. The highest BCUT2D eigenvalue weighted by Gasteiger charge is 2.36. The summed E-state index contributed by atoms with van der Waals surface area (Å²) in [4.78, 5) is 51.1. The molecule has 170 valence electrons. The molecule has 0 saturated carbocycles. The Bertz CT molecular complexity index is 1300. The predicted octanol–water partition coefficient (Wildman–Crippen LogP) is 3.57. The van der Waals surface area contributed by atoms with E-state index in [2.05, 4.69) is 5.32 Å². The molecule has 1 atom stereocenters. The summed E-state index contributed by atoms with van der Waals surface area (Å²) in [6.45, 7) is 1.49. The number of carbonyl (C=O) groups is 3. The van der Waals surface area contributed by atoms with Crippen LogP contribution in [0.4, 0.5) is 11.4 Å². The van der Waals surface area contributed by atoms with Crippen LogP contribution in [0.15, 0.2) is 62.6 Å². The van der Waals surface area contributed by atoms with Crippen LogP contribution >= 0.6 is 11.8 Å². The van der Waals surface area contributed by atoms with E-state index in [-0.39, 0.29) is 37.0 Å². The van der Waals surface area contributed by atoms with E-state index in [4.69, 9.17) is 9.15 Å². The summed E-state index contributed by atoms with van der Waals surface area (Å²) in [5, 5.41) is 3.22. The molecule has 3 aromatic rings. The molecule has 0 aliphatic carbocycles. The summed E-state index contributed by atoms with van der Waals surface area (Å²) in [5.41, 5.74) is 1.41. The molecule has 2 aromatic carbocycles. The molecule has 2 amide bonds. The van der Waals surface area contributed by atoms with Crippen molar-refractivity contribution < 1.29 is 23.5 Å². The third kappa shape index (κ3) is 5.09. The van der Waals surface area contributed by atoms with Gasteiger partial charge >= 0.3 is 11.6 Å². The number of fused-ring (bicyclic) bond motifs is 1. The Labute approximate surface area is 193 Å². The number of hydrogen-bond acceptors (Lipinski definition) is 7. The topological polar surface area (TPSA) is 106 Å². The minimum absolute atomic E-state index is 0.0695. The summed E-state index contributed by atoms with van der Waals surface area (Å²) < 4.78 is 10.7. The minimum Gasteiger partial charge on any atom is -0.461 e. The Morgan fingerprint density at radius 2 is 2.00 bits per heavy atom. The Balaban J connectivity index is 1.47. The van der Waals surface area contributed by atoms with E-state index < -0.39 is 17.5 Å². The van der Waals surface area contributed by atoms with Crippen LogP contribution in [0.5, 0.6) is 0 Å². The van der Waals surface area contributed by atoms with E-state index in [1.807, 2.05) is 30.5 Å². The second kappa shape index (κ2) is 9.50. The lowest BCUT2D eigenvalue weighted by Gasteiger charge is -2.17. The van der Waals surface area contributed by atoms with E-state index >= 15 is 0 Å². The van der Waals surface area contributed by atoms with Gasteiger partial charge in [0, 0.05) is 59.2 Å². The first kappa shape index (κ1) is 22.6. The number of carbonyl (C=O) groups excluding carboxylic acids is 3. The van der Waals surface area contributed by atoms with Crippen LogP contribution in [0.2, 0.25) is 0 Å². The predicted molar refractivity (Wildman–Crippen MR) is 125 cm³/mol. The van der Waals surface area contributed by atoms with Gasteiger partial charge in [0.05, 0.1) is 5.92 Å². The number of amides is 2. The van der Waals surface area contributed by atoms with Crippen LogP contribution in [0.3, 0.4) is 0 Å². The van der Waals surface area contributed by atoms with Crippen molar-refractivity contribution in [3.8, 4) is 0 Å². The maximum atomic E-state index is 12.7. The van der Waals surface area contributed by atoms with Crippen molar-refractivity contribution in [3.63, 3.8) is 0 Å². The fourth-order valence-corrected chi connectivity index (χ4v) is 4.24. The molecular weight excluding hydrogens is 444 g/mol. The maximum Gasteiger partial charge on any atom is 0.336 e. The Morgan fingerprint density at radius 1 is 1.18 bits per heavy atom. The molecule has 1 N–H and O–H groups in total. The first-order valence-corrected chi connectivity index (χ1v) is 11.5. The molecule has 8 nitrogen and oxygen atoms in total. The van der Waals surface area contributed by atoms with Crippen LogP contribution < -0.4 is 15.8 Å². The normalized spacial score (nSPS) is 15.6. The van der Waals surface area contributed by atoms with Gasteiger partial charge in [0.2, 0.25) is 11.8 Å². The molecule has 1 aromatic heterocycles. The van der Waals surface area contributed by atoms with Gasteiger partial charge in [-0.15, -0.1) is 11.8 Å². The summed E-state index contributed by atoms with van der Waals surface area (Å²) >= 11 is 1.58. The van der Waals surface area contributed by atoms with Gasteiger partial charge in [0.15, 0.2) is 0 Å². The number of rotatable bonds is 6. The number of ether oxygens (including phenoxy) is 1. The molecule has 1 aliphatic heterocycles. The quantitative estimate of drug-likeness (QED) is 0.336. The van der Waals surface area contributed by atoms with Crippen LogP contribution in [0, 0.1) is 5.92 Å². The number of anilines is 2. The zero-order valence-electron chi connectivity index (χ0n) is 18.1. The highest BCUT2D eigenvalue weighted by atomic mass is 32.2. The van der Waals surface area contributed by atoms with Gasteiger partial charge in [0.25, 0.3) is 0 Å². The van der Waals surface area contributed by atoms with Gasteiger partial charge in [-0.1, -0.05) is 6.07 Å². The molecule has 33 heavy (non-hydrogen) atoms. The molecular formula is C24H22N2O6S. The van der Waals surface area contributed by atoms with E-state index in [0.717, 1.165) is 10.6 Å². The molecule has 0 bridgehead atoms. The lowest BCUT2D eigenvalue weighted by Crippen LogP contribution is -2.26. The van der Waals surface area contributed by atoms with E-state index in [1.165, 1.54) is 13.0 Å². The number of nitrogens with zero attached hydrogens (tertiary/aromatic N) is 1. The van der Waals surface area contributed by atoms with Gasteiger partial charge in [-0.05, 0) is 36.6 Å². The van der Waals surface area contributed by atoms with Crippen LogP contribution in [-0.4, -0.2) is 30.6 Å². The molecule has 1 fully saturated rings. The summed E-state index contributed by atoms with van der Waals surface area (Å²) in [7, 11) is 0. The monoisotopic (exact) mass is 466 g/mol. The van der Waals surface area contributed by atoms with E-state index in [1.54, 1.807) is 34.9 Å². The van der Waals surface area contributed by atoms with Gasteiger partial charge < -0.3 is 19.4 Å². The van der Waals surface area contributed by atoms with Gasteiger partial charge in [0.1, 0.15) is 12.2 Å². The first-order chi connectivity index (χ1) is 15.8. The second-order valence-corrected chi connectivity index (χ2v) is 8.58. The summed E-state index contributed by atoms with van der Waals surface area (Å²) in [6, 6.07) is 13.8. The Morgan fingerprint density at radius 3 is 2.76 bits per heavy atom. The minimum atomic E-state index is -0.593. The van der Waals surface area contributed by atoms with Crippen molar-refractivity contribution in [1.82, 2.24) is 0 Å². The number of esters is 1. The van der Waals surface area contributed by atoms with E-state index in [0.29, 0.717) is 16.6 Å². The van der Waals surface area contributed by atoms with E-state index in [9.17, 15) is 19.2 Å². The van der Waals surface area contributed by atoms with Crippen LogP contribution in [0.25, 0.3) is 11.0 Å². The molecule has 0 unspecified atom stereocenters. The standard InChI is InChI=1S/C24H22N2O6S/c1-14(27)25-17-6-7-20-16(9-23(29)32-21(20)10-17)13-31-24(30)15-8-22(28)26(12-15)18-4-3-5-19(11-18)33-2/h3-7,9-11,15H,8,12-13H2,1-2H3,(H,25,27)/t15-/m1/s1. The average molecular weight is 467 g/mol. The lowest BCUT2D eigenvalue weighted by atomic mass is 10.1. The molecule has 4 rings (SSSR count). The van der Waals surface area contributed by atoms with Crippen molar-refractivity contribution >= 4 is 51.9 Å². The largest absolute Gasteiger partial charge is 0.461 e. The zero-order valence-corrected chi connectivity index (χ0v) is 18.9. The number of nitrogens with one attached hydrogen (secondary N) is 1. The average Bonchev–Trinajstić information content (AvgIpc) is 3.18. The fraction of sp³-hybridized carbons (Fsp3) is 0.250. The fourth-order valence-electron chi connectivity index (χ4n) is 3.79. The van der Waals surface area contributed by atoms with Crippen molar-refractivity contribution in [2.45, 2.75) is 24.8 Å². The third-order valence-corrected chi connectivity index (χ3v) is 6.07. The first-order valence-electron chi connectivity index (χ1n) is 10.3. The third-order valence-electron chi connectivity index (χ3n) is 5.34. The van der Waals surface area contributed by atoms with Gasteiger partial charge in [-0.3, -0.25) is 14.4 Å². The molecule has 2 heterocycles. The molecule has 9 heteroatoms. The SMILES string of the molecule is CSc1cccc(N2C[C@H](C(=O)OCc3cc(=O)oc4cc(NC(C)=O)ccc34)CC2=O)c1. The smallest absolute Gasteiger partial charge is 0.336 e. The number of thioether (sulfide) groups is 1. The van der Waals surface area contributed by atoms with Crippen molar-refractivity contribution in [3.05, 3.63) is 64.5 Å².